The summed E-state index contributed by atoms with van der Waals surface area (Å²) in [6, 6.07) is 30.7. The number of hydrogen-bond donors (Lipinski definition) is 0. The molecule has 4 aromatic carbocycles. The van der Waals surface area contributed by atoms with Gasteiger partial charge in [0, 0.05) is 10.8 Å². The van der Waals surface area contributed by atoms with E-state index in [1.807, 2.05) is 0 Å². The van der Waals surface area contributed by atoms with Gasteiger partial charge >= 0.3 is 28.5 Å². The van der Waals surface area contributed by atoms with Gasteiger partial charge in [0.05, 0.1) is 0 Å². The SMILES string of the molecule is F[B-](F)(F)F.c1ccc2c([I+]c3cccc4ccccc34)cccc2c1. The van der Waals surface area contributed by atoms with Crippen LogP contribution in [0.15, 0.2) is 84.9 Å². The van der Waals surface area contributed by atoms with E-state index in [0.29, 0.717) is 0 Å². The van der Waals surface area contributed by atoms with E-state index in [2.05, 4.69) is 84.9 Å². The highest BCUT2D eigenvalue weighted by Crippen LogP contribution is 2.14. The van der Waals surface area contributed by atoms with Crippen LogP contribution in [0.3, 0.4) is 0 Å². The Labute approximate surface area is 159 Å². The van der Waals surface area contributed by atoms with Gasteiger partial charge in [-0.05, 0) is 35.0 Å². The van der Waals surface area contributed by atoms with Gasteiger partial charge in [-0.15, -0.1) is 0 Å². The van der Waals surface area contributed by atoms with E-state index in [-0.39, 0.29) is 21.2 Å². The van der Waals surface area contributed by atoms with Crippen LogP contribution in [0.25, 0.3) is 21.5 Å². The summed E-state index contributed by atoms with van der Waals surface area (Å²) < 4.78 is 42.0. The molecule has 0 N–H and O–H groups in total. The van der Waals surface area contributed by atoms with Crippen molar-refractivity contribution in [2.24, 2.45) is 0 Å². The van der Waals surface area contributed by atoms with Gasteiger partial charge in [0.1, 0.15) is 0 Å². The van der Waals surface area contributed by atoms with Gasteiger partial charge in [-0.1, -0.05) is 60.7 Å². The van der Waals surface area contributed by atoms with E-state index in [4.69, 9.17) is 0 Å². The average molecular weight is 468 g/mol. The van der Waals surface area contributed by atoms with Gasteiger partial charge in [-0.3, -0.25) is 0 Å². The lowest BCUT2D eigenvalue weighted by Crippen LogP contribution is -3.61. The van der Waals surface area contributed by atoms with Crippen LogP contribution in [0.4, 0.5) is 17.3 Å². The lowest BCUT2D eigenvalue weighted by molar-refractivity contribution is -0.592. The van der Waals surface area contributed by atoms with E-state index in [0.717, 1.165) is 0 Å². The van der Waals surface area contributed by atoms with Crippen molar-refractivity contribution < 1.29 is 38.5 Å². The van der Waals surface area contributed by atoms with E-state index in [9.17, 15) is 17.3 Å². The monoisotopic (exact) mass is 468 g/mol. The first kappa shape index (κ1) is 18.7. The largest absolute Gasteiger partial charge is 0.673 e. The summed E-state index contributed by atoms with van der Waals surface area (Å²) in [7, 11) is -6.00. The predicted molar refractivity (Wildman–Crippen MR) is 95.5 cm³/mol. The highest BCUT2D eigenvalue weighted by molar-refractivity contribution is 6.50. The quantitative estimate of drug-likeness (QED) is 0.241. The molecule has 0 aliphatic carbocycles. The van der Waals surface area contributed by atoms with Gasteiger partial charge in [-0.25, -0.2) is 0 Å². The van der Waals surface area contributed by atoms with Gasteiger partial charge in [-0.2, -0.15) is 0 Å². The zero-order valence-electron chi connectivity index (χ0n) is 13.6. The maximum absolute atomic E-state index is 9.75. The Morgan fingerprint density at radius 1 is 0.500 bits per heavy atom. The summed E-state index contributed by atoms with van der Waals surface area (Å²) in [5, 5.41) is 5.49. The first-order valence-corrected chi connectivity index (χ1v) is 10.1. The van der Waals surface area contributed by atoms with Crippen molar-refractivity contribution in [1.29, 1.82) is 0 Å². The molecule has 4 rings (SSSR count). The van der Waals surface area contributed by atoms with E-state index >= 15 is 0 Å². The predicted octanol–water partition coefficient (Wildman–Crippen LogP) is 3.42. The minimum Gasteiger partial charge on any atom is -0.418 e. The zero-order chi connectivity index (χ0) is 18.6. The lowest BCUT2D eigenvalue weighted by atomic mass is 10.1. The van der Waals surface area contributed by atoms with Gasteiger partial charge in [0.2, 0.25) is 7.14 Å². The minimum atomic E-state index is -6.00. The molecule has 0 nitrogen and oxygen atoms in total. The van der Waals surface area contributed by atoms with Crippen LogP contribution < -0.4 is 21.2 Å². The Morgan fingerprint density at radius 2 is 0.846 bits per heavy atom. The Balaban J connectivity index is 0.000000349. The van der Waals surface area contributed by atoms with Gasteiger partial charge in [0.25, 0.3) is 0 Å². The van der Waals surface area contributed by atoms with Crippen LogP contribution in [-0.2, 0) is 0 Å². The highest BCUT2D eigenvalue weighted by Gasteiger charge is 2.21. The van der Waals surface area contributed by atoms with Crippen LogP contribution in [0.1, 0.15) is 0 Å². The Morgan fingerprint density at radius 3 is 1.27 bits per heavy atom. The molecular weight excluding hydrogens is 454 g/mol. The number of rotatable bonds is 2. The fourth-order valence-corrected chi connectivity index (χ4v) is 5.61. The molecule has 0 amide bonds. The molecule has 0 bridgehead atoms. The topological polar surface area (TPSA) is 0 Å². The van der Waals surface area contributed by atoms with Crippen LogP contribution in [0, 0.1) is 7.14 Å². The molecule has 26 heavy (non-hydrogen) atoms. The van der Waals surface area contributed by atoms with Crippen molar-refractivity contribution in [3.63, 3.8) is 0 Å². The normalized spacial score (nSPS) is 11.2. The van der Waals surface area contributed by atoms with Crippen LogP contribution in [0.5, 0.6) is 0 Å². The summed E-state index contributed by atoms with van der Waals surface area (Å²) in [5.41, 5.74) is 0. The molecule has 6 heteroatoms. The molecule has 0 unspecified atom stereocenters. The highest BCUT2D eigenvalue weighted by atomic mass is 127. The third kappa shape index (κ3) is 4.97. The molecule has 0 atom stereocenters. The molecule has 0 saturated carbocycles. The third-order valence-electron chi connectivity index (χ3n) is 3.68. The third-order valence-corrected chi connectivity index (χ3v) is 6.72. The van der Waals surface area contributed by atoms with E-state index in [1.54, 1.807) is 0 Å². The maximum atomic E-state index is 9.75. The molecule has 132 valence electrons. The first-order valence-electron chi connectivity index (χ1n) is 7.89. The number of benzene rings is 4. The van der Waals surface area contributed by atoms with Crippen molar-refractivity contribution >= 4 is 28.8 Å². The Hall–Kier alpha value is -2.09. The molecule has 0 saturated heterocycles. The van der Waals surface area contributed by atoms with E-state index in [1.165, 1.54) is 28.7 Å². The van der Waals surface area contributed by atoms with Crippen molar-refractivity contribution in [3.05, 3.63) is 92.1 Å². The fourth-order valence-electron chi connectivity index (χ4n) is 2.65. The smallest absolute Gasteiger partial charge is 0.418 e. The molecule has 4 aromatic rings. The first-order chi connectivity index (χ1) is 12.4. The van der Waals surface area contributed by atoms with Gasteiger partial charge < -0.3 is 17.3 Å². The molecule has 0 radical (unpaired) electrons. The minimum absolute atomic E-state index is 0.176. The molecule has 0 aliphatic rings. The Bertz CT molecular complexity index is 937. The number of halogens is 5. The summed E-state index contributed by atoms with van der Waals surface area (Å²) in [4.78, 5) is 0. The molecule has 0 heterocycles. The van der Waals surface area contributed by atoms with Crippen molar-refractivity contribution in [1.82, 2.24) is 0 Å². The van der Waals surface area contributed by atoms with Crippen LogP contribution in [0.2, 0.25) is 0 Å². The number of hydrogen-bond acceptors (Lipinski definition) is 0. The second-order valence-corrected chi connectivity index (χ2v) is 8.38. The standard InChI is InChI=1S/C20H14I.BF4/c1-3-11-17-15(7-1)9-5-13-19(17)21-20-14-6-10-16-8-2-4-12-18(16)20;2-1(3,4)5/h1-14H;/q+1;-1. The summed E-state index contributed by atoms with van der Waals surface area (Å²) in [5.74, 6) is 0. The van der Waals surface area contributed by atoms with Crippen LogP contribution >= 0.6 is 0 Å². The summed E-state index contributed by atoms with van der Waals surface area (Å²) >= 11 is -0.176. The molecule has 0 aliphatic heterocycles. The molecule has 0 spiro atoms. The lowest BCUT2D eigenvalue weighted by Gasteiger charge is -1.99. The molecule has 0 fully saturated rings. The van der Waals surface area contributed by atoms with Crippen molar-refractivity contribution in [2.45, 2.75) is 0 Å². The van der Waals surface area contributed by atoms with E-state index < -0.39 is 7.25 Å². The summed E-state index contributed by atoms with van der Waals surface area (Å²) in [6.45, 7) is 0. The summed E-state index contributed by atoms with van der Waals surface area (Å²) in [6.07, 6.45) is 0. The second kappa shape index (κ2) is 8.08. The van der Waals surface area contributed by atoms with Crippen LogP contribution in [-0.4, -0.2) is 7.25 Å². The maximum Gasteiger partial charge on any atom is 0.673 e. The zero-order valence-corrected chi connectivity index (χ0v) is 15.7. The van der Waals surface area contributed by atoms with Crippen molar-refractivity contribution in [2.75, 3.05) is 0 Å². The second-order valence-electron chi connectivity index (χ2n) is 5.51. The molecular formula is C20H14BF4I. The Kier molecular flexibility index (Phi) is 5.81. The van der Waals surface area contributed by atoms with Crippen molar-refractivity contribution in [3.8, 4) is 0 Å². The molecule has 0 aromatic heterocycles. The van der Waals surface area contributed by atoms with Gasteiger partial charge in [0.15, 0.2) is 0 Å². The fraction of sp³-hybridized carbons (Fsp3) is 0. The average Bonchev–Trinajstić information content (AvgIpc) is 2.61. The number of fused-ring (bicyclic) bond motifs is 2.